The first-order chi connectivity index (χ1) is 11.1. The van der Waals surface area contributed by atoms with Crippen molar-refractivity contribution < 1.29 is 18.7 Å². The lowest BCUT2D eigenvalue weighted by molar-refractivity contribution is -0.137. The summed E-state index contributed by atoms with van der Waals surface area (Å²) in [6.45, 7) is 2.56. The maximum Gasteiger partial charge on any atom is 0.246 e. The number of amides is 2. The van der Waals surface area contributed by atoms with Gasteiger partial charge in [-0.25, -0.2) is 9.40 Å². The fourth-order valence-electron chi connectivity index (χ4n) is 2.77. The number of ether oxygens (including phenoxy) is 1. The van der Waals surface area contributed by atoms with E-state index >= 15 is 0 Å². The molecule has 1 unspecified atom stereocenters. The molecule has 3 rings (SSSR count). The monoisotopic (exact) mass is 341 g/mol. The Balaban J connectivity index is 1.67. The molecule has 1 atom stereocenters. The number of carbonyl (C=O) groups is 2. The molecule has 0 aromatic heterocycles. The van der Waals surface area contributed by atoms with Gasteiger partial charge in [-0.2, -0.15) is 0 Å². The number of anilines is 1. The van der Waals surface area contributed by atoms with Gasteiger partial charge in [0.2, 0.25) is 11.8 Å². The highest BCUT2D eigenvalue weighted by atomic mass is 35.5. The molecule has 6 nitrogen and oxygen atoms in total. The van der Waals surface area contributed by atoms with E-state index < -0.39 is 17.6 Å². The summed E-state index contributed by atoms with van der Waals surface area (Å²) in [7, 11) is 0. The Morgan fingerprint density at radius 2 is 2.04 bits per heavy atom. The molecule has 2 heterocycles. The van der Waals surface area contributed by atoms with E-state index in [-0.39, 0.29) is 16.6 Å². The third-order valence-electron chi connectivity index (χ3n) is 4.00. The Bertz CT molecular complexity index is 622. The zero-order valence-electron chi connectivity index (χ0n) is 12.4. The van der Waals surface area contributed by atoms with Gasteiger partial charge in [0.05, 0.1) is 18.9 Å². The summed E-state index contributed by atoms with van der Waals surface area (Å²) in [4.78, 5) is 26.0. The summed E-state index contributed by atoms with van der Waals surface area (Å²) >= 11 is 5.72. The van der Waals surface area contributed by atoms with Crippen LogP contribution in [0, 0.1) is 11.7 Å². The number of hydrazine groups is 1. The molecule has 8 heteroatoms. The summed E-state index contributed by atoms with van der Waals surface area (Å²) in [5, 5.41) is 2.00. The van der Waals surface area contributed by atoms with Crippen LogP contribution in [0.3, 0.4) is 0 Å². The molecule has 1 N–H and O–H groups in total. The SMILES string of the molecule is O=C(NN1CCOCC1)C1CCN(c2ccc(Cl)cc2F)C1=O. The van der Waals surface area contributed by atoms with Crippen LogP contribution in [0.5, 0.6) is 0 Å². The predicted octanol–water partition coefficient (Wildman–Crippen LogP) is 1.20. The van der Waals surface area contributed by atoms with Crippen molar-refractivity contribution in [1.29, 1.82) is 0 Å². The molecule has 0 saturated carbocycles. The molecule has 2 fully saturated rings. The van der Waals surface area contributed by atoms with Crippen LogP contribution in [-0.2, 0) is 14.3 Å². The molecular formula is C15H17ClFN3O3. The highest BCUT2D eigenvalue weighted by Crippen LogP contribution is 2.29. The van der Waals surface area contributed by atoms with Crippen molar-refractivity contribution >= 4 is 29.1 Å². The fourth-order valence-corrected chi connectivity index (χ4v) is 2.93. The van der Waals surface area contributed by atoms with Crippen molar-refractivity contribution in [3.8, 4) is 0 Å². The van der Waals surface area contributed by atoms with Gasteiger partial charge in [0.25, 0.3) is 0 Å². The van der Waals surface area contributed by atoms with E-state index in [2.05, 4.69) is 5.43 Å². The largest absolute Gasteiger partial charge is 0.379 e. The Hall–Kier alpha value is -1.70. The molecule has 0 bridgehead atoms. The van der Waals surface area contributed by atoms with E-state index in [1.807, 2.05) is 0 Å². The van der Waals surface area contributed by atoms with Gasteiger partial charge in [0.15, 0.2) is 0 Å². The van der Waals surface area contributed by atoms with E-state index in [0.717, 1.165) is 6.07 Å². The number of hydrogen-bond donors (Lipinski definition) is 1. The quantitative estimate of drug-likeness (QED) is 0.839. The molecular weight excluding hydrogens is 325 g/mol. The van der Waals surface area contributed by atoms with Gasteiger partial charge in [-0.3, -0.25) is 15.0 Å². The van der Waals surface area contributed by atoms with Gasteiger partial charge in [0, 0.05) is 24.7 Å². The fraction of sp³-hybridized carbons (Fsp3) is 0.467. The van der Waals surface area contributed by atoms with Crippen molar-refractivity contribution in [3.63, 3.8) is 0 Å². The average molecular weight is 342 g/mol. The standard InChI is InChI=1S/C15H17ClFN3O3/c16-10-1-2-13(12(17)9-10)20-4-3-11(15(20)22)14(21)18-19-5-7-23-8-6-19/h1-2,9,11H,3-8H2,(H,18,21). The second kappa shape index (κ2) is 6.82. The minimum Gasteiger partial charge on any atom is -0.379 e. The van der Waals surface area contributed by atoms with E-state index in [1.54, 1.807) is 5.01 Å². The van der Waals surface area contributed by atoms with Gasteiger partial charge < -0.3 is 9.64 Å². The van der Waals surface area contributed by atoms with Gasteiger partial charge in [-0.15, -0.1) is 0 Å². The Morgan fingerprint density at radius 3 is 2.74 bits per heavy atom. The summed E-state index contributed by atoms with van der Waals surface area (Å²) in [6, 6.07) is 4.14. The lowest BCUT2D eigenvalue weighted by atomic mass is 10.1. The second-order valence-electron chi connectivity index (χ2n) is 5.50. The smallest absolute Gasteiger partial charge is 0.246 e. The summed E-state index contributed by atoms with van der Waals surface area (Å²) in [6.07, 6.45) is 0.358. The number of nitrogens with zero attached hydrogens (tertiary/aromatic N) is 2. The van der Waals surface area contributed by atoms with E-state index in [4.69, 9.17) is 16.3 Å². The van der Waals surface area contributed by atoms with Gasteiger partial charge in [-0.1, -0.05) is 11.6 Å². The van der Waals surface area contributed by atoms with Gasteiger partial charge in [0.1, 0.15) is 11.7 Å². The number of carbonyl (C=O) groups excluding carboxylic acids is 2. The lowest BCUT2D eigenvalue weighted by Crippen LogP contribution is -2.51. The summed E-state index contributed by atoms with van der Waals surface area (Å²) in [5.74, 6) is -2.11. The zero-order valence-corrected chi connectivity index (χ0v) is 13.2. The first-order valence-corrected chi connectivity index (χ1v) is 7.83. The normalized spacial score (nSPS) is 22.4. The van der Waals surface area contributed by atoms with Crippen LogP contribution in [0.4, 0.5) is 10.1 Å². The van der Waals surface area contributed by atoms with Crippen molar-refractivity contribution in [2.75, 3.05) is 37.7 Å². The number of halogens is 2. The third kappa shape index (κ3) is 3.46. The minimum atomic E-state index is -0.798. The second-order valence-corrected chi connectivity index (χ2v) is 5.94. The Kier molecular flexibility index (Phi) is 4.79. The van der Waals surface area contributed by atoms with Gasteiger partial charge in [-0.05, 0) is 24.6 Å². The number of benzene rings is 1. The molecule has 2 aliphatic rings. The van der Waals surface area contributed by atoms with Crippen molar-refractivity contribution in [2.45, 2.75) is 6.42 Å². The van der Waals surface area contributed by atoms with Crippen LogP contribution in [-0.4, -0.2) is 49.7 Å². The van der Waals surface area contributed by atoms with Gasteiger partial charge >= 0.3 is 0 Å². The molecule has 2 amide bonds. The average Bonchev–Trinajstić information content (AvgIpc) is 2.90. The number of rotatable bonds is 3. The molecule has 0 aliphatic carbocycles. The topological polar surface area (TPSA) is 61.9 Å². The Labute approximate surface area is 138 Å². The predicted molar refractivity (Wildman–Crippen MR) is 82.4 cm³/mol. The number of hydrogen-bond acceptors (Lipinski definition) is 4. The summed E-state index contributed by atoms with van der Waals surface area (Å²) in [5.41, 5.74) is 2.89. The van der Waals surface area contributed by atoms with E-state index in [0.29, 0.717) is 39.3 Å². The molecule has 124 valence electrons. The van der Waals surface area contributed by atoms with Crippen molar-refractivity contribution in [2.24, 2.45) is 5.92 Å². The highest BCUT2D eigenvalue weighted by molar-refractivity contribution is 6.30. The lowest BCUT2D eigenvalue weighted by Gasteiger charge is -2.27. The first-order valence-electron chi connectivity index (χ1n) is 7.46. The minimum absolute atomic E-state index is 0.154. The van der Waals surface area contributed by atoms with Crippen LogP contribution in [0.2, 0.25) is 5.02 Å². The zero-order chi connectivity index (χ0) is 16.4. The Morgan fingerprint density at radius 1 is 1.30 bits per heavy atom. The molecule has 2 aliphatic heterocycles. The van der Waals surface area contributed by atoms with E-state index in [9.17, 15) is 14.0 Å². The van der Waals surface area contributed by atoms with Crippen molar-refractivity contribution in [1.82, 2.24) is 10.4 Å². The molecule has 0 radical (unpaired) electrons. The highest BCUT2D eigenvalue weighted by Gasteiger charge is 2.39. The summed E-state index contributed by atoms with van der Waals surface area (Å²) < 4.78 is 19.2. The van der Waals surface area contributed by atoms with Crippen LogP contribution < -0.4 is 10.3 Å². The molecule has 0 spiro atoms. The van der Waals surface area contributed by atoms with E-state index in [1.165, 1.54) is 17.0 Å². The maximum absolute atomic E-state index is 14.0. The van der Waals surface area contributed by atoms with Crippen LogP contribution in [0.15, 0.2) is 18.2 Å². The molecule has 23 heavy (non-hydrogen) atoms. The number of nitrogens with one attached hydrogen (secondary N) is 1. The number of morpholine rings is 1. The van der Waals surface area contributed by atoms with Crippen molar-refractivity contribution in [3.05, 3.63) is 29.0 Å². The van der Waals surface area contributed by atoms with Crippen LogP contribution >= 0.6 is 11.6 Å². The maximum atomic E-state index is 14.0. The molecule has 1 aromatic rings. The first kappa shape index (κ1) is 16.2. The van der Waals surface area contributed by atoms with Crippen LogP contribution in [0.25, 0.3) is 0 Å². The molecule has 2 saturated heterocycles. The molecule has 1 aromatic carbocycles. The van der Waals surface area contributed by atoms with Crippen LogP contribution in [0.1, 0.15) is 6.42 Å². The third-order valence-corrected chi connectivity index (χ3v) is 4.24.